The molecule has 1 aliphatic heterocycles. The van der Waals surface area contributed by atoms with Crippen molar-refractivity contribution in [2.24, 2.45) is 0 Å². The maximum absolute atomic E-state index is 11.4. The van der Waals surface area contributed by atoms with Gasteiger partial charge in [0.15, 0.2) is 10.8 Å². The van der Waals surface area contributed by atoms with Crippen molar-refractivity contribution in [1.82, 2.24) is 19.9 Å². The number of aliphatic carboxylic acids is 1. The molecule has 1 unspecified atom stereocenters. The molecular weight excluding hydrogens is 280 g/mol. The minimum atomic E-state index is -0.901. The highest BCUT2D eigenvalue weighted by Crippen LogP contribution is 2.29. The first-order valence-corrected chi connectivity index (χ1v) is 7.08. The van der Waals surface area contributed by atoms with Gasteiger partial charge in [0.25, 0.3) is 0 Å². The summed E-state index contributed by atoms with van der Waals surface area (Å²) in [5, 5.41) is 12.2. The number of carbonyl (C=O) groups excluding carboxylic acids is 1. The van der Waals surface area contributed by atoms with Crippen LogP contribution in [0.15, 0.2) is 23.5 Å². The van der Waals surface area contributed by atoms with Crippen molar-refractivity contribution in [1.29, 1.82) is 0 Å². The summed E-state index contributed by atoms with van der Waals surface area (Å²) in [6, 6.07) is 3.54. The van der Waals surface area contributed by atoms with E-state index in [0.717, 1.165) is 11.8 Å². The Morgan fingerprint density at radius 2 is 2.45 bits per heavy atom. The largest absolute Gasteiger partial charge is 0.481 e. The lowest BCUT2D eigenvalue weighted by atomic mass is 10.2. The topological polar surface area (TPSA) is 97.1 Å². The Kier molecular flexibility index (Phi) is 3.31. The van der Waals surface area contributed by atoms with Crippen LogP contribution in [-0.2, 0) is 9.59 Å². The molecule has 0 aromatic carbocycles. The smallest absolute Gasteiger partial charge is 0.313 e. The van der Waals surface area contributed by atoms with Crippen LogP contribution in [0.3, 0.4) is 0 Å². The Balaban J connectivity index is 2.03. The standard InChI is InChI=1S/C12H12N4O3S/c17-9-4-7(5-14-9)16-11-8(2-1-3-13-11)15-12(16)20-6-10(18)19/h1-3,7H,4-6H2,(H,14,17)(H,18,19). The van der Waals surface area contributed by atoms with Gasteiger partial charge in [-0.05, 0) is 12.1 Å². The summed E-state index contributed by atoms with van der Waals surface area (Å²) in [6.45, 7) is 0.515. The lowest BCUT2D eigenvalue weighted by Gasteiger charge is -2.13. The van der Waals surface area contributed by atoms with Crippen LogP contribution in [-0.4, -0.2) is 43.8 Å². The second-order valence-electron chi connectivity index (χ2n) is 4.45. The van der Waals surface area contributed by atoms with Crippen LogP contribution < -0.4 is 5.32 Å². The fraction of sp³-hybridized carbons (Fsp3) is 0.333. The molecule has 7 nitrogen and oxygen atoms in total. The summed E-state index contributed by atoms with van der Waals surface area (Å²) in [4.78, 5) is 30.8. The van der Waals surface area contributed by atoms with E-state index in [9.17, 15) is 9.59 Å². The van der Waals surface area contributed by atoms with E-state index in [-0.39, 0.29) is 17.7 Å². The van der Waals surface area contributed by atoms with Gasteiger partial charge in [-0.15, -0.1) is 0 Å². The van der Waals surface area contributed by atoms with Gasteiger partial charge in [0.05, 0.1) is 11.8 Å². The van der Waals surface area contributed by atoms with Gasteiger partial charge in [0, 0.05) is 19.2 Å². The first-order chi connectivity index (χ1) is 9.65. The minimum Gasteiger partial charge on any atom is -0.481 e. The third-order valence-electron chi connectivity index (χ3n) is 3.06. The molecule has 3 rings (SSSR count). The second kappa shape index (κ2) is 5.12. The average Bonchev–Trinajstić information content (AvgIpc) is 2.99. The van der Waals surface area contributed by atoms with Gasteiger partial charge in [0.2, 0.25) is 5.91 Å². The zero-order chi connectivity index (χ0) is 14.1. The highest BCUT2D eigenvalue weighted by molar-refractivity contribution is 7.99. The number of fused-ring (bicyclic) bond motifs is 1. The predicted octanol–water partition coefficient (Wildman–Crippen LogP) is 0.669. The molecule has 0 saturated carbocycles. The lowest BCUT2D eigenvalue weighted by Crippen LogP contribution is -2.16. The molecule has 1 aliphatic rings. The Hall–Kier alpha value is -2.09. The van der Waals surface area contributed by atoms with Crippen molar-refractivity contribution in [3.8, 4) is 0 Å². The number of carboxylic acids is 1. The highest BCUT2D eigenvalue weighted by Gasteiger charge is 2.27. The SMILES string of the molecule is O=C(O)CSc1nc2cccnc2n1C1CNC(=O)C1. The quantitative estimate of drug-likeness (QED) is 0.804. The van der Waals surface area contributed by atoms with E-state index >= 15 is 0 Å². The molecule has 2 aromatic rings. The van der Waals surface area contributed by atoms with E-state index in [1.54, 1.807) is 12.3 Å². The van der Waals surface area contributed by atoms with Gasteiger partial charge in [0.1, 0.15) is 5.52 Å². The van der Waals surface area contributed by atoms with Gasteiger partial charge < -0.3 is 10.4 Å². The number of carbonyl (C=O) groups is 2. The molecule has 20 heavy (non-hydrogen) atoms. The molecule has 0 spiro atoms. The number of amides is 1. The molecule has 0 bridgehead atoms. The number of hydrogen-bond donors (Lipinski definition) is 2. The highest BCUT2D eigenvalue weighted by atomic mass is 32.2. The number of pyridine rings is 1. The van der Waals surface area contributed by atoms with Crippen LogP contribution >= 0.6 is 11.8 Å². The molecule has 8 heteroatoms. The fourth-order valence-electron chi connectivity index (χ4n) is 2.24. The summed E-state index contributed by atoms with van der Waals surface area (Å²) in [7, 11) is 0. The Morgan fingerprint density at radius 3 is 3.15 bits per heavy atom. The molecule has 1 atom stereocenters. The summed E-state index contributed by atoms with van der Waals surface area (Å²) in [6.07, 6.45) is 2.03. The summed E-state index contributed by atoms with van der Waals surface area (Å²) >= 11 is 1.14. The number of aromatic nitrogens is 3. The molecule has 1 fully saturated rings. The zero-order valence-electron chi connectivity index (χ0n) is 10.4. The Labute approximate surface area is 118 Å². The number of rotatable bonds is 4. The normalized spacial score (nSPS) is 18.4. The molecule has 1 saturated heterocycles. The number of imidazole rings is 1. The number of nitrogens with one attached hydrogen (secondary N) is 1. The molecule has 2 N–H and O–H groups in total. The average molecular weight is 292 g/mol. The van der Waals surface area contributed by atoms with E-state index in [4.69, 9.17) is 5.11 Å². The van der Waals surface area contributed by atoms with Crippen LogP contribution in [0.4, 0.5) is 0 Å². The third-order valence-corrected chi connectivity index (χ3v) is 4.00. The van der Waals surface area contributed by atoms with Crippen LogP contribution in [0.5, 0.6) is 0 Å². The van der Waals surface area contributed by atoms with E-state index in [1.807, 2.05) is 10.6 Å². The monoisotopic (exact) mass is 292 g/mol. The zero-order valence-corrected chi connectivity index (χ0v) is 11.3. The Morgan fingerprint density at radius 1 is 1.60 bits per heavy atom. The van der Waals surface area contributed by atoms with E-state index in [0.29, 0.717) is 29.3 Å². The third kappa shape index (κ3) is 2.34. The number of thioether (sulfide) groups is 1. The van der Waals surface area contributed by atoms with Crippen molar-refractivity contribution in [2.45, 2.75) is 17.6 Å². The molecule has 2 aromatic heterocycles. The number of hydrogen-bond acceptors (Lipinski definition) is 5. The van der Waals surface area contributed by atoms with Crippen molar-refractivity contribution < 1.29 is 14.7 Å². The molecule has 1 amide bonds. The van der Waals surface area contributed by atoms with Crippen LogP contribution in [0.2, 0.25) is 0 Å². The number of carboxylic acid groups (broad SMARTS) is 1. The maximum Gasteiger partial charge on any atom is 0.313 e. The minimum absolute atomic E-state index is 0.0121. The van der Waals surface area contributed by atoms with Crippen molar-refractivity contribution >= 4 is 34.8 Å². The van der Waals surface area contributed by atoms with Crippen molar-refractivity contribution in [2.75, 3.05) is 12.3 Å². The maximum atomic E-state index is 11.4. The summed E-state index contributed by atoms with van der Waals surface area (Å²) in [5.41, 5.74) is 1.39. The number of nitrogens with zero attached hydrogens (tertiary/aromatic N) is 3. The molecule has 3 heterocycles. The first kappa shape index (κ1) is 12.9. The van der Waals surface area contributed by atoms with Crippen LogP contribution in [0.25, 0.3) is 11.2 Å². The van der Waals surface area contributed by atoms with Gasteiger partial charge >= 0.3 is 5.97 Å². The first-order valence-electron chi connectivity index (χ1n) is 6.09. The van der Waals surface area contributed by atoms with Gasteiger partial charge in [-0.3, -0.25) is 14.2 Å². The van der Waals surface area contributed by atoms with Gasteiger partial charge in [-0.1, -0.05) is 11.8 Å². The predicted molar refractivity (Wildman–Crippen MR) is 72.6 cm³/mol. The van der Waals surface area contributed by atoms with E-state index in [2.05, 4.69) is 15.3 Å². The van der Waals surface area contributed by atoms with E-state index in [1.165, 1.54) is 0 Å². The van der Waals surface area contributed by atoms with Gasteiger partial charge in [-0.25, -0.2) is 9.97 Å². The van der Waals surface area contributed by atoms with Gasteiger partial charge in [-0.2, -0.15) is 0 Å². The van der Waals surface area contributed by atoms with Crippen molar-refractivity contribution in [3.63, 3.8) is 0 Å². The molecule has 104 valence electrons. The molecular formula is C12H12N4O3S. The van der Waals surface area contributed by atoms with Crippen LogP contribution in [0, 0.1) is 0 Å². The second-order valence-corrected chi connectivity index (χ2v) is 5.40. The van der Waals surface area contributed by atoms with Crippen LogP contribution in [0.1, 0.15) is 12.5 Å². The fourth-order valence-corrected chi connectivity index (χ4v) is 3.03. The lowest BCUT2D eigenvalue weighted by molar-refractivity contribution is -0.134. The molecule has 0 radical (unpaired) electrons. The molecule has 0 aliphatic carbocycles. The van der Waals surface area contributed by atoms with Crippen molar-refractivity contribution in [3.05, 3.63) is 18.3 Å². The summed E-state index contributed by atoms with van der Waals surface area (Å²) < 4.78 is 1.86. The van der Waals surface area contributed by atoms with E-state index < -0.39 is 5.97 Å². The summed E-state index contributed by atoms with van der Waals surface area (Å²) in [5.74, 6) is -0.985. The Bertz CT molecular complexity index is 684.